The van der Waals surface area contributed by atoms with Gasteiger partial charge >= 0.3 is 27.4 Å². The topological polar surface area (TPSA) is 51.2 Å². The van der Waals surface area contributed by atoms with Gasteiger partial charge in [0.25, 0.3) is 0 Å². The van der Waals surface area contributed by atoms with Crippen molar-refractivity contribution in [3.8, 4) is 0 Å². The van der Waals surface area contributed by atoms with Gasteiger partial charge in [0.1, 0.15) is 0 Å². The predicted molar refractivity (Wildman–Crippen MR) is 12.0 cm³/mol. The molecule has 0 unspecified atom stereocenters. The minimum Gasteiger partial charge on any atom is -0.0125 e. The Morgan fingerprint density at radius 1 is 1.00 bits per heavy atom. The molecular weight excluding hydrogens is 172 g/mol. The molecule has 1 radical (unpaired) electrons. The molecule has 0 aromatic heterocycles. The first kappa shape index (κ1) is 9.00. The zero-order valence-corrected chi connectivity index (χ0v) is 6.64. The molecule has 0 bridgehead atoms. The van der Waals surface area contributed by atoms with E-state index < -0.39 is 17.2 Å². The van der Waals surface area contributed by atoms with E-state index in [9.17, 15) is 0 Å². The number of rotatable bonds is 0. The second kappa shape index (κ2) is 4.31. The summed E-state index contributed by atoms with van der Waals surface area (Å²) in [7, 11) is 0. The Morgan fingerprint density at radius 3 is 1.00 bits per heavy atom. The van der Waals surface area contributed by atoms with Gasteiger partial charge < -0.3 is 0 Å². The molecule has 0 rings (SSSR count). The van der Waals surface area contributed by atoms with Gasteiger partial charge in [0.15, 0.2) is 0 Å². The van der Waals surface area contributed by atoms with Gasteiger partial charge in [0.05, 0.1) is 0 Å². The van der Waals surface area contributed by atoms with Crippen molar-refractivity contribution >= 4 is 11.0 Å². The van der Waals surface area contributed by atoms with Crippen LogP contribution in [0.3, 0.4) is 0 Å². The molecule has 0 fully saturated rings. The van der Waals surface area contributed by atoms with Crippen LogP contribution in [-0.2, 0) is 27.4 Å². The summed E-state index contributed by atoms with van der Waals surface area (Å²) >= 11 is -4.11. The largest absolute Gasteiger partial charge is 0.0125 e. The normalized spacial score (nSPS) is 4.80. The van der Waals surface area contributed by atoms with Crippen LogP contribution in [-0.4, -0.2) is 11.0 Å². The Balaban J connectivity index is 0. The average Bonchev–Trinajstić information content (AvgIpc) is 0.811. The fourth-order valence-corrected chi connectivity index (χ4v) is 0. The maximum atomic E-state index is 8.59. The van der Waals surface area contributed by atoms with E-state index in [2.05, 4.69) is 0 Å². The van der Waals surface area contributed by atoms with Gasteiger partial charge in [-0.3, -0.25) is 0 Å². The van der Waals surface area contributed by atoms with Crippen LogP contribution < -0.4 is 0 Å². The fraction of sp³-hybridized carbons (Fsp3) is 0. The van der Waals surface area contributed by atoms with Crippen LogP contribution in [0, 0.1) is 0 Å². The summed E-state index contributed by atoms with van der Waals surface area (Å²) in [6, 6.07) is 0. The van der Waals surface area contributed by atoms with E-state index in [1.807, 2.05) is 0 Å². The third-order valence-electron chi connectivity index (χ3n) is 0. The Bertz CT molecular complexity index is 76.3. The molecule has 0 aliphatic heterocycles. The molecule has 0 aromatic carbocycles. The van der Waals surface area contributed by atoms with Crippen molar-refractivity contribution in [2.45, 2.75) is 0 Å². The van der Waals surface area contributed by atoms with E-state index in [4.69, 9.17) is 10.2 Å². The predicted octanol–water partition coefficient (Wildman–Crippen LogP) is -1.54. The van der Waals surface area contributed by atoms with Crippen LogP contribution in [0.15, 0.2) is 0 Å². The summed E-state index contributed by atoms with van der Waals surface area (Å²) in [4.78, 5) is 0. The van der Waals surface area contributed by atoms with E-state index >= 15 is 0 Å². The second-order valence-electron chi connectivity index (χ2n) is 0.204. The monoisotopic (exact) mass is 177 g/mol. The molecule has 0 saturated carbocycles. The van der Waals surface area contributed by atoms with Crippen LogP contribution >= 0.6 is 0 Å². The molecule has 0 aliphatic rings. The van der Waals surface area contributed by atoms with E-state index in [1.165, 1.54) is 0 Å². The van der Waals surface area contributed by atoms with Crippen LogP contribution in [0.5, 0.6) is 0 Å². The minimum atomic E-state index is -4.11. The zero-order valence-electron chi connectivity index (χ0n) is 2.63. The van der Waals surface area contributed by atoms with Gasteiger partial charge in [-0.25, -0.2) is 0 Å². The van der Waals surface area contributed by atoms with Crippen LogP contribution in [0.4, 0.5) is 0 Å². The SMILES string of the molecule is [O]=[Mo](=[O])=[O].[SiH3]. The van der Waals surface area contributed by atoms with Gasteiger partial charge in [0, 0.05) is 0 Å². The number of hydrogen-bond acceptors (Lipinski definition) is 3. The van der Waals surface area contributed by atoms with Gasteiger partial charge in [0.2, 0.25) is 0 Å². The Morgan fingerprint density at radius 2 is 1.00 bits per heavy atom. The smallest absolute Gasteiger partial charge is 0.0125 e. The maximum Gasteiger partial charge on any atom is -0.0125 e. The van der Waals surface area contributed by atoms with Gasteiger partial charge in [-0.05, 0) is 11.0 Å². The third-order valence-corrected chi connectivity index (χ3v) is 0. The summed E-state index contributed by atoms with van der Waals surface area (Å²) in [6.07, 6.45) is 0. The van der Waals surface area contributed by atoms with Gasteiger partial charge in [-0.1, -0.05) is 0 Å². The van der Waals surface area contributed by atoms with Crippen LogP contribution in [0.2, 0.25) is 0 Å². The van der Waals surface area contributed by atoms with Gasteiger partial charge in [-0.2, -0.15) is 0 Å². The van der Waals surface area contributed by atoms with Gasteiger partial charge in [-0.15, -0.1) is 0 Å². The van der Waals surface area contributed by atoms with E-state index in [-0.39, 0.29) is 11.0 Å². The van der Waals surface area contributed by atoms with Crippen molar-refractivity contribution in [2.75, 3.05) is 0 Å². The Labute approximate surface area is 38.9 Å². The molecule has 5 heavy (non-hydrogen) atoms. The molecule has 0 aliphatic carbocycles. The zero-order chi connectivity index (χ0) is 3.58. The maximum absolute atomic E-state index is 8.59. The standard InChI is InChI=1S/Mo.3O.H3Si/h;;;;1H3. The molecule has 0 aromatic rings. The molecule has 0 N–H and O–H groups in total. The van der Waals surface area contributed by atoms with Crippen LogP contribution in [0.1, 0.15) is 0 Å². The van der Waals surface area contributed by atoms with Crippen molar-refractivity contribution in [1.82, 2.24) is 0 Å². The summed E-state index contributed by atoms with van der Waals surface area (Å²) in [5.41, 5.74) is 0. The first-order valence-corrected chi connectivity index (χ1v) is 2.96. The van der Waals surface area contributed by atoms with Crippen molar-refractivity contribution in [3.05, 3.63) is 0 Å². The Kier molecular flexibility index (Phi) is 7.75. The molecule has 0 spiro atoms. The summed E-state index contributed by atoms with van der Waals surface area (Å²) < 4.78 is 25.8. The van der Waals surface area contributed by atoms with E-state index in [0.717, 1.165) is 0 Å². The van der Waals surface area contributed by atoms with E-state index in [1.54, 1.807) is 0 Å². The Hall–Kier alpha value is 0.305. The van der Waals surface area contributed by atoms with Crippen LogP contribution in [0.25, 0.3) is 0 Å². The molecule has 0 atom stereocenters. The molecule has 0 heterocycles. The first-order valence-electron chi connectivity index (χ1n) is 0.500. The quantitative estimate of drug-likeness (QED) is 0.419. The average molecular weight is 175 g/mol. The molecule has 5 heteroatoms. The van der Waals surface area contributed by atoms with Crippen molar-refractivity contribution < 1.29 is 27.4 Å². The third kappa shape index (κ3) is 246. The molecule has 0 amide bonds. The fourth-order valence-electron chi connectivity index (χ4n) is 0. The molecule has 31 valence electrons. The molecule has 3 nitrogen and oxygen atoms in total. The van der Waals surface area contributed by atoms with Crippen molar-refractivity contribution in [3.63, 3.8) is 0 Å². The summed E-state index contributed by atoms with van der Waals surface area (Å²) in [6.45, 7) is 0. The van der Waals surface area contributed by atoms with Crippen molar-refractivity contribution in [1.29, 1.82) is 0 Å². The minimum absolute atomic E-state index is 0. The summed E-state index contributed by atoms with van der Waals surface area (Å²) in [5.74, 6) is 0. The summed E-state index contributed by atoms with van der Waals surface area (Å²) in [5, 5.41) is 0. The first-order chi connectivity index (χ1) is 1.73. The molecular formula is H3MoO3Si. The number of hydrogen-bond donors (Lipinski definition) is 0. The molecule has 0 saturated heterocycles. The van der Waals surface area contributed by atoms with Crippen molar-refractivity contribution in [2.24, 2.45) is 0 Å². The second-order valence-corrected chi connectivity index (χ2v) is 1.21. The van der Waals surface area contributed by atoms with E-state index in [0.29, 0.717) is 0 Å².